The molecule has 1 aromatic rings. The molecule has 1 aliphatic heterocycles. The van der Waals surface area contributed by atoms with E-state index in [2.05, 4.69) is 4.90 Å². The number of nitrogens with zero attached hydrogens (tertiary/aromatic N) is 2. The molecule has 0 aromatic heterocycles. The highest BCUT2D eigenvalue weighted by Gasteiger charge is 2.20. The summed E-state index contributed by atoms with van der Waals surface area (Å²) in [6, 6.07) is 6.20. The summed E-state index contributed by atoms with van der Waals surface area (Å²) in [4.78, 5) is 15.3. The Morgan fingerprint density at radius 3 is 2.37 bits per heavy atom. The van der Waals surface area contributed by atoms with Crippen LogP contribution in [0.3, 0.4) is 0 Å². The Labute approximate surface area is 113 Å². The van der Waals surface area contributed by atoms with Crippen molar-refractivity contribution in [3.05, 3.63) is 35.6 Å². The van der Waals surface area contributed by atoms with Crippen molar-refractivity contribution in [3.8, 4) is 0 Å². The van der Waals surface area contributed by atoms with Gasteiger partial charge in [-0.25, -0.2) is 4.39 Å². The third-order valence-electron chi connectivity index (χ3n) is 3.57. The SMILES string of the molecule is CC(=O)N1CCN(CC(N)c2ccc(F)cc2)CC1. The van der Waals surface area contributed by atoms with Crippen molar-refractivity contribution in [3.63, 3.8) is 0 Å². The Morgan fingerprint density at radius 2 is 1.84 bits per heavy atom. The zero-order valence-corrected chi connectivity index (χ0v) is 11.2. The molecule has 1 fully saturated rings. The Bertz CT molecular complexity index is 427. The average molecular weight is 265 g/mol. The third-order valence-corrected chi connectivity index (χ3v) is 3.57. The van der Waals surface area contributed by atoms with Gasteiger partial charge >= 0.3 is 0 Å². The molecule has 104 valence electrons. The van der Waals surface area contributed by atoms with E-state index in [0.29, 0.717) is 0 Å². The fraction of sp³-hybridized carbons (Fsp3) is 0.500. The van der Waals surface area contributed by atoms with Gasteiger partial charge in [-0.2, -0.15) is 0 Å². The number of hydrogen-bond donors (Lipinski definition) is 1. The smallest absolute Gasteiger partial charge is 0.219 e. The molecule has 0 spiro atoms. The number of carbonyl (C=O) groups excluding carboxylic acids is 1. The van der Waals surface area contributed by atoms with Crippen molar-refractivity contribution in [2.45, 2.75) is 13.0 Å². The van der Waals surface area contributed by atoms with E-state index < -0.39 is 0 Å². The van der Waals surface area contributed by atoms with E-state index in [-0.39, 0.29) is 17.8 Å². The van der Waals surface area contributed by atoms with Gasteiger partial charge in [-0.15, -0.1) is 0 Å². The van der Waals surface area contributed by atoms with Crippen LogP contribution >= 0.6 is 0 Å². The van der Waals surface area contributed by atoms with Crippen LogP contribution in [0.25, 0.3) is 0 Å². The fourth-order valence-corrected chi connectivity index (χ4v) is 2.34. The summed E-state index contributed by atoms with van der Waals surface area (Å²) >= 11 is 0. The van der Waals surface area contributed by atoms with Crippen molar-refractivity contribution < 1.29 is 9.18 Å². The summed E-state index contributed by atoms with van der Waals surface area (Å²) < 4.78 is 12.8. The van der Waals surface area contributed by atoms with Crippen LogP contribution in [0.1, 0.15) is 18.5 Å². The molecule has 0 saturated carbocycles. The Hall–Kier alpha value is -1.46. The molecule has 1 unspecified atom stereocenters. The lowest BCUT2D eigenvalue weighted by atomic mass is 10.1. The molecule has 1 aromatic carbocycles. The number of piperazine rings is 1. The van der Waals surface area contributed by atoms with Crippen molar-refractivity contribution in [2.75, 3.05) is 32.7 Å². The maximum absolute atomic E-state index is 12.8. The maximum atomic E-state index is 12.8. The normalized spacial score (nSPS) is 18.4. The molecule has 1 atom stereocenters. The van der Waals surface area contributed by atoms with Crippen LogP contribution in [0, 0.1) is 5.82 Å². The molecule has 0 radical (unpaired) electrons. The van der Waals surface area contributed by atoms with Crippen molar-refractivity contribution in [1.29, 1.82) is 0 Å². The van der Waals surface area contributed by atoms with E-state index in [1.54, 1.807) is 19.1 Å². The van der Waals surface area contributed by atoms with Gasteiger partial charge in [0.15, 0.2) is 0 Å². The highest BCUT2D eigenvalue weighted by molar-refractivity contribution is 5.73. The molecule has 1 aliphatic rings. The molecule has 2 N–H and O–H groups in total. The van der Waals surface area contributed by atoms with Gasteiger partial charge in [0.1, 0.15) is 5.82 Å². The van der Waals surface area contributed by atoms with E-state index in [4.69, 9.17) is 5.73 Å². The monoisotopic (exact) mass is 265 g/mol. The zero-order valence-electron chi connectivity index (χ0n) is 11.2. The summed E-state index contributed by atoms with van der Waals surface area (Å²) in [5.74, 6) is -0.117. The lowest BCUT2D eigenvalue weighted by Gasteiger charge is -2.35. The van der Waals surface area contributed by atoms with Gasteiger partial charge in [0.2, 0.25) is 5.91 Å². The quantitative estimate of drug-likeness (QED) is 0.886. The fourth-order valence-electron chi connectivity index (χ4n) is 2.34. The van der Waals surface area contributed by atoms with Crippen LogP contribution in [0.2, 0.25) is 0 Å². The second-order valence-corrected chi connectivity index (χ2v) is 4.96. The highest BCUT2D eigenvalue weighted by Crippen LogP contribution is 2.14. The van der Waals surface area contributed by atoms with Gasteiger partial charge in [-0.05, 0) is 17.7 Å². The minimum Gasteiger partial charge on any atom is -0.340 e. The number of amides is 1. The molecule has 5 heteroatoms. The Morgan fingerprint density at radius 1 is 1.26 bits per heavy atom. The van der Waals surface area contributed by atoms with Crippen LogP contribution in [0.15, 0.2) is 24.3 Å². The van der Waals surface area contributed by atoms with Crippen LogP contribution in [0.5, 0.6) is 0 Å². The first-order valence-corrected chi connectivity index (χ1v) is 6.55. The van der Waals surface area contributed by atoms with Gasteiger partial charge in [0.25, 0.3) is 0 Å². The molecule has 1 saturated heterocycles. The second-order valence-electron chi connectivity index (χ2n) is 4.96. The van der Waals surface area contributed by atoms with Crippen LogP contribution in [-0.2, 0) is 4.79 Å². The summed E-state index contributed by atoms with van der Waals surface area (Å²) in [5, 5.41) is 0. The predicted molar refractivity (Wildman–Crippen MR) is 72.0 cm³/mol. The van der Waals surface area contributed by atoms with Crippen molar-refractivity contribution in [1.82, 2.24) is 9.80 Å². The number of halogens is 1. The van der Waals surface area contributed by atoms with Crippen LogP contribution in [0.4, 0.5) is 4.39 Å². The zero-order chi connectivity index (χ0) is 13.8. The first-order valence-electron chi connectivity index (χ1n) is 6.55. The number of nitrogens with two attached hydrogens (primary N) is 1. The van der Waals surface area contributed by atoms with E-state index in [1.165, 1.54) is 12.1 Å². The Balaban J connectivity index is 1.85. The molecule has 19 heavy (non-hydrogen) atoms. The first-order chi connectivity index (χ1) is 9.06. The van der Waals surface area contributed by atoms with Gasteiger partial charge in [0, 0.05) is 45.7 Å². The minimum absolute atomic E-state index is 0.121. The van der Waals surface area contributed by atoms with Crippen LogP contribution in [-0.4, -0.2) is 48.4 Å². The summed E-state index contributed by atoms with van der Waals surface area (Å²) in [5.41, 5.74) is 7.07. The minimum atomic E-state index is -0.244. The first kappa shape index (κ1) is 14.0. The Kier molecular flexibility index (Phi) is 4.50. The van der Waals surface area contributed by atoms with Crippen LogP contribution < -0.4 is 5.73 Å². The van der Waals surface area contributed by atoms with E-state index in [1.807, 2.05) is 4.90 Å². The van der Waals surface area contributed by atoms with Gasteiger partial charge < -0.3 is 10.6 Å². The number of carbonyl (C=O) groups is 1. The van der Waals surface area contributed by atoms with E-state index >= 15 is 0 Å². The lowest BCUT2D eigenvalue weighted by molar-refractivity contribution is -0.130. The van der Waals surface area contributed by atoms with E-state index in [9.17, 15) is 9.18 Å². The summed E-state index contributed by atoms with van der Waals surface area (Å²) in [6.07, 6.45) is 0. The highest BCUT2D eigenvalue weighted by atomic mass is 19.1. The number of rotatable bonds is 3. The number of hydrogen-bond acceptors (Lipinski definition) is 3. The molecule has 0 bridgehead atoms. The van der Waals surface area contributed by atoms with Crippen molar-refractivity contribution >= 4 is 5.91 Å². The summed E-state index contributed by atoms with van der Waals surface area (Å²) in [7, 11) is 0. The number of benzene rings is 1. The second kappa shape index (κ2) is 6.12. The van der Waals surface area contributed by atoms with Gasteiger partial charge in [-0.3, -0.25) is 9.69 Å². The predicted octanol–water partition coefficient (Wildman–Crippen LogP) is 0.990. The van der Waals surface area contributed by atoms with Gasteiger partial charge in [0.05, 0.1) is 0 Å². The molecule has 1 heterocycles. The molecule has 4 nitrogen and oxygen atoms in total. The van der Waals surface area contributed by atoms with Gasteiger partial charge in [-0.1, -0.05) is 12.1 Å². The molecular weight excluding hydrogens is 245 g/mol. The standard InChI is InChI=1S/C14H20FN3O/c1-11(19)18-8-6-17(7-9-18)10-14(16)12-2-4-13(15)5-3-12/h2-5,14H,6-10,16H2,1H3. The van der Waals surface area contributed by atoms with E-state index in [0.717, 1.165) is 38.3 Å². The van der Waals surface area contributed by atoms with Crippen molar-refractivity contribution in [2.24, 2.45) is 5.73 Å². The molecule has 0 aliphatic carbocycles. The molecule has 1 amide bonds. The average Bonchev–Trinajstić information content (AvgIpc) is 2.40. The molecular formula is C14H20FN3O. The molecule has 2 rings (SSSR count). The lowest BCUT2D eigenvalue weighted by Crippen LogP contribution is -2.49. The largest absolute Gasteiger partial charge is 0.340 e. The topological polar surface area (TPSA) is 49.6 Å². The maximum Gasteiger partial charge on any atom is 0.219 e. The summed E-state index contributed by atoms with van der Waals surface area (Å²) in [6.45, 7) is 5.52. The third kappa shape index (κ3) is 3.75.